The van der Waals surface area contributed by atoms with Crippen LogP contribution in [0.4, 0.5) is 0 Å². The third-order valence-electron chi connectivity index (χ3n) is 3.57. The molecule has 0 radical (unpaired) electrons. The van der Waals surface area contributed by atoms with Gasteiger partial charge in [-0.2, -0.15) is 0 Å². The van der Waals surface area contributed by atoms with E-state index in [4.69, 9.17) is 10.8 Å². The molecular formula is C12H22N2O3. The third kappa shape index (κ3) is 4.00. The summed E-state index contributed by atoms with van der Waals surface area (Å²) in [7, 11) is 0. The van der Waals surface area contributed by atoms with Crippen LogP contribution in [0.15, 0.2) is 0 Å². The molecule has 2 unspecified atom stereocenters. The fourth-order valence-electron chi connectivity index (χ4n) is 2.12. The van der Waals surface area contributed by atoms with Crippen LogP contribution in [-0.4, -0.2) is 41.0 Å². The lowest BCUT2D eigenvalue weighted by Gasteiger charge is -2.33. The number of hydrogen-bond donors (Lipinski definition) is 2. The molecule has 1 heterocycles. The summed E-state index contributed by atoms with van der Waals surface area (Å²) in [5.41, 5.74) is 5.71. The fourth-order valence-corrected chi connectivity index (χ4v) is 2.12. The number of nitrogens with zero attached hydrogens (tertiary/aromatic N) is 1. The number of hydrogen-bond acceptors (Lipinski definition) is 3. The first kappa shape index (κ1) is 14.0. The SMILES string of the molecule is CC(N)C(C)C(=O)N1CCC(CC(=O)O)CC1. The first-order valence-electron chi connectivity index (χ1n) is 6.18. The van der Waals surface area contributed by atoms with Crippen LogP contribution < -0.4 is 5.73 Å². The predicted octanol–water partition coefficient (Wildman–Crippen LogP) is 0.683. The topological polar surface area (TPSA) is 83.6 Å². The molecule has 2 atom stereocenters. The summed E-state index contributed by atoms with van der Waals surface area (Å²) < 4.78 is 0. The maximum absolute atomic E-state index is 12.0. The molecule has 1 saturated heterocycles. The van der Waals surface area contributed by atoms with E-state index in [1.807, 2.05) is 18.7 Å². The zero-order valence-electron chi connectivity index (χ0n) is 10.6. The molecule has 0 aromatic carbocycles. The Balaban J connectivity index is 2.41. The molecule has 0 spiro atoms. The summed E-state index contributed by atoms with van der Waals surface area (Å²) in [4.78, 5) is 24.4. The number of likely N-dealkylation sites (tertiary alicyclic amines) is 1. The first-order valence-corrected chi connectivity index (χ1v) is 6.18. The van der Waals surface area contributed by atoms with E-state index in [1.165, 1.54) is 0 Å². The monoisotopic (exact) mass is 242 g/mol. The summed E-state index contributed by atoms with van der Waals surface area (Å²) in [6, 6.07) is -0.140. The number of piperidine rings is 1. The van der Waals surface area contributed by atoms with Gasteiger partial charge in [-0.25, -0.2) is 0 Å². The smallest absolute Gasteiger partial charge is 0.303 e. The number of carboxylic acid groups (broad SMARTS) is 1. The molecule has 98 valence electrons. The van der Waals surface area contributed by atoms with Gasteiger partial charge < -0.3 is 15.7 Å². The van der Waals surface area contributed by atoms with Crippen molar-refractivity contribution in [2.45, 2.75) is 39.2 Å². The van der Waals surface area contributed by atoms with E-state index in [-0.39, 0.29) is 30.2 Å². The van der Waals surface area contributed by atoms with E-state index in [9.17, 15) is 9.59 Å². The predicted molar refractivity (Wildman–Crippen MR) is 64.4 cm³/mol. The standard InChI is InChI=1S/C12H22N2O3/c1-8(9(2)13)12(17)14-5-3-10(4-6-14)7-11(15)16/h8-10H,3-7,13H2,1-2H3,(H,15,16). The van der Waals surface area contributed by atoms with Gasteiger partial charge in [0, 0.05) is 25.6 Å². The molecule has 1 rings (SSSR count). The Morgan fingerprint density at radius 2 is 1.88 bits per heavy atom. The molecule has 0 bridgehead atoms. The molecule has 0 saturated carbocycles. The van der Waals surface area contributed by atoms with Crippen molar-refractivity contribution in [3.63, 3.8) is 0 Å². The molecule has 1 amide bonds. The third-order valence-corrected chi connectivity index (χ3v) is 3.57. The van der Waals surface area contributed by atoms with Crippen LogP contribution in [0.25, 0.3) is 0 Å². The molecule has 17 heavy (non-hydrogen) atoms. The van der Waals surface area contributed by atoms with E-state index < -0.39 is 5.97 Å². The van der Waals surface area contributed by atoms with Crippen molar-refractivity contribution in [3.05, 3.63) is 0 Å². The lowest BCUT2D eigenvalue weighted by molar-refractivity contribution is -0.139. The van der Waals surface area contributed by atoms with Gasteiger partial charge in [0.1, 0.15) is 0 Å². The van der Waals surface area contributed by atoms with Gasteiger partial charge in [-0.15, -0.1) is 0 Å². The molecule has 5 nitrogen and oxygen atoms in total. The lowest BCUT2D eigenvalue weighted by Crippen LogP contribution is -2.45. The van der Waals surface area contributed by atoms with Gasteiger partial charge in [0.2, 0.25) is 5.91 Å². The Labute approximate surface area is 102 Å². The lowest BCUT2D eigenvalue weighted by atomic mass is 9.92. The van der Waals surface area contributed by atoms with Crippen molar-refractivity contribution in [3.8, 4) is 0 Å². The average molecular weight is 242 g/mol. The highest BCUT2D eigenvalue weighted by Crippen LogP contribution is 2.22. The summed E-state index contributed by atoms with van der Waals surface area (Å²) in [6.45, 7) is 5.00. The fraction of sp³-hybridized carbons (Fsp3) is 0.833. The zero-order valence-corrected chi connectivity index (χ0v) is 10.6. The van der Waals surface area contributed by atoms with Crippen LogP contribution in [0.1, 0.15) is 33.1 Å². The van der Waals surface area contributed by atoms with Gasteiger partial charge in [-0.1, -0.05) is 6.92 Å². The largest absolute Gasteiger partial charge is 0.481 e. The first-order chi connectivity index (χ1) is 7.91. The van der Waals surface area contributed by atoms with Gasteiger partial charge in [-0.05, 0) is 25.7 Å². The molecule has 1 fully saturated rings. The van der Waals surface area contributed by atoms with E-state index in [2.05, 4.69) is 0 Å². The zero-order chi connectivity index (χ0) is 13.0. The van der Waals surface area contributed by atoms with E-state index in [0.29, 0.717) is 13.1 Å². The number of carbonyl (C=O) groups excluding carboxylic acids is 1. The van der Waals surface area contributed by atoms with Crippen molar-refractivity contribution in [1.82, 2.24) is 4.90 Å². The number of nitrogens with two attached hydrogens (primary N) is 1. The van der Waals surface area contributed by atoms with E-state index in [0.717, 1.165) is 12.8 Å². The normalized spacial score (nSPS) is 21.0. The van der Waals surface area contributed by atoms with Crippen molar-refractivity contribution < 1.29 is 14.7 Å². The quantitative estimate of drug-likeness (QED) is 0.759. The second-order valence-electron chi connectivity index (χ2n) is 5.01. The van der Waals surface area contributed by atoms with Gasteiger partial charge >= 0.3 is 5.97 Å². The van der Waals surface area contributed by atoms with E-state index >= 15 is 0 Å². The van der Waals surface area contributed by atoms with Gasteiger partial charge in [-0.3, -0.25) is 9.59 Å². The highest BCUT2D eigenvalue weighted by Gasteiger charge is 2.28. The Morgan fingerprint density at radius 1 is 1.35 bits per heavy atom. The summed E-state index contributed by atoms with van der Waals surface area (Å²) in [6.07, 6.45) is 1.78. The van der Waals surface area contributed by atoms with Crippen LogP contribution in [-0.2, 0) is 9.59 Å². The Morgan fingerprint density at radius 3 is 2.29 bits per heavy atom. The van der Waals surface area contributed by atoms with Crippen LogP contribution in [0.2, 0.25) is 0 Å². The van der Waals surface area contributed by atoms with Crippen LogP contribution in [0.5, 0.6) is 0 Å². The number of carbonyl (C=O) groups is 2. The summed E-state index contributed by atoms with van der Waals surface area (Å²) in [5.74, 6) is -0.610. The number of amides is 1. The summed E-state index contributed by atoms with van der Waals surface area (Å²) in [5, 5.41) is 8.70. The number of aliphatic carboxylic acids is 1. The molecule has 1 aliphatic rings. The molecule has 0 aromatic rings. The van der Waals surface area contributed by atoms with E-state index in [1.54, 1.807) is 0 Å². The van der Waals surface area contributed by atoms with Crippen molar-refractivity contribution in [2.24, 2.45) is 17.6 Å². The Kier molecular flexibility index (Phi) is 4.93. The maximum Gasteiger partial charge on any atom is 0.303 e. The molecule has 0 aliphatic carbocycles. The average Bonchev–Trinajstić information content (AvgIpc) is 2.27. The maximum atomic E-state index is 12.0. The Bertz CT molecular complexity index is 283. The number of rotatable bonds is 4. The highest BCUT2D eigenvalue weighted by molar-refractivity contribution is 5.79. The highest BCUT2D eigenvalue weighted by atomic mass is 16.4. The second-order valence-corrected chi connectivity index (χ2v) is 5.01. The van der Waals surface area contributed by atoms with Gasteiger partial charge in [0.15, 0.2) is 0 Å². The minimum Gasteiger partial charge on any atom is -0.481 e. The molecule has 5 heteroatoms. The molecular weight excluding hydrogens is 220 g/mol. The number of carboxylic acids is 1. The van der Waals surface area contributed by atoms with Crippen molar-refractivity contribution >= 4 is 11.9 Å². The Hall–Kier alpha value is -1.10. The molecule has 0 aromatic heterocycles. The molecule has 3 N–H and O–H groups in total. The summed E-state index contributed by atoms with van der Waals surface area (Å²) >= 11 is 0. The van der Waals surface area contributed by atoms with Gasteiger partial charge in [0.05, 0.1) is 5.92 Å². The minimum absolute atomic E-state index is 0.0915. The van der Waals surface area contributed by atoms with Crippen LogP contribution in [0.3, 0.4) is 0 Å². The van der Waals surface area contributed by atoms with Crippen LogP contribution >= 0.6 is 0 Å². The second kappa shape index (κ2) is 6.00. The van der Waals surface area contributed by atoms with Crippen molar-refractivity contribution in [2.75, 3.05) is 13.1 Å². The van der Waals surface area contributed by atoms with Crippen molar-refractivity contribution in [1.29, 1.82) is 0 Å². The molecule has 1 aliphatic heterocycles. The van der Waals surface area contributed by atoms with Crippen LogP contribution in [0, 0.1) is 11.8 Å². The van der Waals surface area contributed by atoms with Gasteiger partial charge in [0.25, 0.3) is 0 Å². The minimum atomic E-state index is -0.751.